The van der Waals surface area contributed by atoms with Crippen LogP contribution in [0.2, 0.25) is 0 Å². The number of hydrogen-bond acceptors (Lipinski definition) is 3. The maximum Gasteiger partial charge on any atom is 0.395 e. The summed E-state index contributed by atoms with van der Waals surface area (Å²) in [4.78, 5) is 1.67. The van der Waals surface area contributed by atoms with Crippen LogP contribution in [-0.2, 0) is 0 Å². The average molecular weight is 240 g/mol. The van der Waals surface area contributed by atoms with Crippen molar-refractivity contribution < 1.29 is 18.3 Å². The molecule has 3 atom stereocenters. The number of alkyl halides is 3. The Morgan fingerprint density at radius 1 is 1.19 bits per heavy atom. The van der Waals surface area contributed by atoms with Crippen LogP contribution in [0.25, 0.3) is 0 Å². The van der Waals surface area contributed by atoms with Gasteiger partial charge >= 0.3 is 6.18 Å². The molecule has 1 fully saturated rings. The molecule has 6 heteroatoms. The highest BCUT2D eigenvalue weighted by Crippen LogP contribution is 2.35. The van der Waals surface area contributed by atoms with Crippen molar-refractivity contribution in [3.63, 3.8) is 0 Å². The SMILES string of the molecule is CC(C)(C)N1C[C@@H](N)[C@H](O)[C@@H](C(F)(F)F)C1. The molecule has 1 saturated heterocycles. The van der Waals surface area contributed by atoms with Crippen LogP contribution in [0.15, 0.2) is 0 Å². The highest BCUT2D eigenvalue weighted by molar-refractivity contribution is 4.95. The van der Waals surface area contributed by atoms with Gasteiger partial charge < -0.3 is 10.8 Å². The van der Waals surface area contributed by atoms with E-state index in [0.29, 0.717) is 0 Å². The van der Waals surface area contributed by atoms with Gasteiger partial charge in [0.05, 0.1) is 12.0 Å². The molecule has 0 unspecified atom stereocenters. The van der Waals surface area contributed by atoms with E-state index in [1.54, 1.807) is 4.90 Å². The van der Waals surface area contributed by atoms with Crippen LogP contribution < -0.4 is 5.73 Å². The van der Waals surface area contributed by atoms with E-state index in [-0.39, 0.29) is 18.6 Å². The molecule has 0 radical (unpaired) electrons. The third kappa shape index (κ3) is 2.87. The van der Waals surface area contributed by atoms with Crippen molar-refractivity contribution in [1.82, 2.24) is 4.90 Å². The zero-order valence-corrected chi connectivity index (χ0v) is 9.75. The molecule has 0 spiro atoms. The number of hydrogen-bond donors (Lipinski definition) is 2. The summed E-state index contributed by atoms with van der Waals surface area (Å²) in [6, 6.07) is -0.848. The molecule has 0 aromatic carbocycles. The second-order valence-electron chi connectivity index (χ2n) is 5.38. The lowest BCUT2D eigenvalue weighted by molar-refractivity contribution is -0.220. The number of halogens is 3. The van der Waals surface area contributed by atoms with Crippen LogP contribution in [0.3, 0.4) is 0 Å². The first-order valence-electron chi connectivity index (χ1n) is 5.29. The molecule has 0 aromatic rings. The van der Waals surface area contributed by atoms with Crippen molar-refractivity contribution in [3.8, 4) is 0 Å². The van der Waals surface area contributed by atoms with Crippen LogP contribution in [0.5, 0.6) is 0 Å². The van der Waals surface area contributed by atoms with Gasteiger partial charge in [0.15, 0.2) is 0 Å². The van der Waals surface area contributed by atoms with E-state index in [1.807, 2.05) is 20.8 Å². The third-order valence-electron chi connectivity index (χ3n) is 3.07. The van der Waals surface area contributed by atoms with E-state index in [4.69, 9.17) is 5.73 Å². The third-order valence-corrected chi connectivity index (χ3v) is 3.07. The molecule has 0 amide bonds. The Hall–Kier alpha value is -0.330. The summed E-state index contributed by atoms with van der Waals surface area (Å²) in [5.74, 6) is -1.75. The molecule has 1 aliphatic heterocycles. The molecule has 0 aromatic heterocycles. The molecular weight excluding hydrogens is 221 g/mol. The van der Waals surface area contributed by atoms with Gasteiger partial charge in [-0.05, 0) is 20.8 Å². The fraction of sp³-hybridized carbons (Fsp3) is 1.00. The van der Waals surface area contributed by atoms with Crippen molar-refractivity contribution >= 4 is 0 Å². The predicted octanol–water partition coefficient (Wildman–Crippen LogP) is 0.967. The monoisotopic (exact) mass is 240 g/mol. The Morgan fingerprint density at radius 2 is 1.69 bits per heavy atom. The lowest BCUT2D eigenvalue weighted by Gasteiger charge is -2.46. The summed E-state index contributed by atoms with van der Waals surface area (Å²) in [5.41, 5.74) is 5.19. The quantitative estimate of drug-likeness (QED) is 0.663. The van der Waals surface area contributed by atoms with Gasteiger partial charge in [-0.1, -0.05) is 0 Å². The van der Waals surface area contributed by atoms with E-state index >= 15 is 0 Å². The highest BCUT2D eigenvalue weighted by Gasteiger charge is 2.50. The number of aliphatic hydroxyl groups excluding tert-OH is 1. The maximum atomic E-state index is 12.7. The minimum atomic E-state index is -4.40. The summed E-state index contributed by atoms with van der Waals surface area (Å²) in [5, 5.41) is 9.48. The Kier molecular flexibility index (Phi) is 3.57. The van der Waals surface area contributed by atoms with Crippen molar-refractivity contribution in [2.75, 3.05) is 13.1 Å². The first-order chi connectivity index (χ1) is 7.03. The Balaban J connectivity index is 2.86. The maximum absolute atomic E-state index is 12.7. The van der Waals surface area contributed by atoms with Gasteiger partial charge in [0, 0.05) is 24.7 Å². The van der Waals surface area contributed by atoms with E-state index < -0.39 is 24.2 Å². The summed E-state index contributed by atoms with van der Waals surface area (Å²) in [7, 11) is 0. The second kappa shape index (κ2) is 4.16. The number of piperidine rings is 1. The summed E-state index contributed by atoms with van der Waals surface area (Å²) in [6.45, 7) is 5.61. The molecule has 3 N–H and O–H groups in total. The molecule has 0 aliphatic carbocycles. The Bertz CT molecular complexity index is 249. The van der Waals surface area contributed by atoms with Gasteiger partial charge in [-0.2, -0.15) is 13.2 Å². The average Bonchev–Trinajstić information content (AvgIpc) is 2.05. The van der Waals surface area contributed by atoms with Crippen LogP contribution in [0, 0.1) is 5.92 Å². The summed E-state index contributed by atoms with van der Waals surface area (Å²) >= 11 is 0. The molecule has 0 bridgehead atoms. The fourth-order valence-electron chi connectivity index (χ4n) is 1.93. The van der Waals surface area contributed by atoms with Crippen LogP contribution >= 0.6 is 0 Å². The first-order valence-corrected chi connectivity index (χ1v) is 5.29. The van der Waals surface area contributed by atoms with Gasteiger partial charge in [-0.25, -0.2) is 0 Å². The summed E-state index contributed by atoms with van der Waals surface area (Å²) in [6.07, 6.45) is -5.90. The Morgan fingerprint density at radius 3 is 2.06 bits per heavy atom. The molecule has 0 saturated carbocycles. The smallest absolute Gasteiger partial charge is 0.391 e. The van der Waals surface area contributed by atoms with Gasteiger partial charge in [-0.3, -0.25) is 4.90 Å². The lowest BCUT2D eigenvalue weighted by atomic mass is 9.88. The van der Waals surface area contributed by atoms with Crippen LogP contribution in [-0.4, -0.2) is 47.0 Å². The standard InChI is InChI=1S/C10H19F3N2O/c1-9(2,3)15-4-6(10(11,12)13)8(16)7(14)5-15/h6-8,16H,4-5,14H2,1-3H3/t6-,7+,8+/m0/s1. The minimum Gasteiger partial charge on any atom is -0.391 e. The number of likely N-dealkylation sites (tertiary alicyclic amines) is 1. The van der Waals surface area contributed by atoms with E-state index in [1.165, 1.54) is 0 Å². The van der Waals surface area contributed by atoms with E-state index in [0.717, 1.165) is 0 Å². The zero-order valence-electron chi connectivity index (χ0n) is 9.75. The van der Waals surface area contributed by atoms with E-state index in [9.17, 15) is 18.3 Å². The first kappa shape index (κ1) is 13.7. The minimum absolute atomic E-state index is 0.193. The van der Waals surface area contributed by atoms with Crippen molar-refractivity contribution in [3.05, 3.63) is 0 Å². The number of aliphatic hydroxyl groups is 1. The zero-order chi connectivity index (χ0) is 12.7. The molecule has 3 nitrogen and oxygen atoms in total. The van der Waals surface area contributed by atoms with Crippen LogP contribution in [0.1, 0.15) is 20.8 Å². The van der Waals surface area contributed by atoms with Gasteiger partial charge in [0.1, 0.15) is 0 Å². The van der Waals surface area contributed by atoms with Crippen molar-refractivity contribution in [2.24, 2.45) is 11.7 Å². The lowest BCUT2D eigenvalue weighted by Crippen LogP contribution is -2.63. The second-order valence-corrected chi connectivity index (χ2v) is 5.38. The highest BCUT2D eigenvalue weighted by atomic mass is 19.4. The molecular formula is C10H19F3N2O. The Labute approximate surface area is 93.4 Å². The number of nitrogens with two attached hydrogens (primary N) is 1. The van der Waals surface area contributed by atoms with Gasteiger partial charge in [0.2, 0.25) is 0 Å². The van der Waals surface area contributed by atoms with Gasteiger partial charge in [-0.15, -0.1) is 0 Å². The topological polar surface area (TPSA) is 49.5 Å². The van der Waals surface area contributed by atoms with Crippen LogP contribution in [0.4, 0.5) is 13.2 Å². The number of rotatable bonds is 0. The summed E-state index contributed by atoms with van der Waals surface area (Å²) < 4.78 is 38.1. The molecule has 16 heavy (non-hydrogen) atoms. The fourth-order valence-corrected chi connectivity index (χ4v) is 1.93. The van der Waals surface area contributed by atoms with Crippen molar-refractivity contribution in [1.29, 1.82) is 0 Å². The molecule has 96 valence electrons. The molecule has 1 heterocycles. The molecule has 1 aliphatic rings. The number of nitrogens with zero attached hydrogens (tertiary/aromatic N) is 1. The molecule has 1 rings (SSSR count). The van der Waals surface area contributed by atoms with Gasteiger partial charge in [0.25, 0.3) is 0 Å². The van der Waals surface area contributed by atoms with Crippen molar-refractivity contribution in [2.45, 2.75) is 44.6 Å². The van der Waals surface area contributed by atoms with E-state index in [2.05, 4.69) is 0 Å². The predicted molar refractivity (Wildman–Crippen MR) is 54.9 cm³/mol. The largest absolute Gasteiger partial charge is 0.395 e. The normalized spacial score (nSPS) is 34.1.